The average Bonchev–Trinajstić information content (AvgIpc) is 3.76. The van der Waals surface area contributed by atoms with Crippen LogP contribution in [0.4, 0.5) is 0 Å². The van der Waals surface area contributed by atoms with Crippen molar-refractivity contribution in [2.45, 2.75) is 56.4 Å². The fourth-order valence-corrected chi connectivity index (χ4v) is 7.05. The Balaban J connectivity index is 1.26. The van der Waals surface area contributed by atoms with E-state index in [1.54, 1.807) is 24.4 Å². The van der Waals surface area contributed by atoms with Crippen molar-refractivity contribution < 1.29 is 63.7 Å². The Kier molecular flexibility index (Phi) is 10.7. The quantitative estimate of drug-likeness (QED) is 0.0611. The van der Waals surface area contributed by atoms with Crippen molar-refractivity contribution in [2.75, 3.05) is 20.2 Å². The van der Waals surface area contributed by atoms with Crippen LogP contribution in [-0.4, -0.2) is 117 Å². The van der Waals surface area contributed by atoms with Gasteiger partial charge in [0.15, 0.2) is 23.2 Å². The van der Waals surface area contributed by atoms with Gasteiger partial charge in [0.05, 0.1) is 35.5 Å². The first-order valence-corrected chi connectivity index (χ1v) is 17.7. The van der Waals surface area contributed by atoms with Crippen molar-refractivity contribution in [3.8, 4) is 22.6 Å². The number of aliphatic carboxylic acids is 1. The number of fused-ring (bicyclic) bond motifs is 2. The second kappa shape index (κ2) is 15.5. The summed E-state index contributed by atoms with van der Waals surface area (Å²) in [5.41, 5.74) is 2.11. The van der Waals surface area contributed by atoms with Crippen LogP contribution in [0.5, 0.6) is 11.5 Å². The molecule has 17 nitrogen and oxygen atoms in total. The van der Waals surface area contributed by atoms with E-state index >= 15 is 0 Å². The standard InChI is InChI=1S/C40H39N3O14/c1-19-12-20(2)14-23(13-19)31-29-22(10-11-42-29)16-43(31)57-35-39(55-33(34(47)40(35,52)18-44)38(51)56-37(50)30(41-3)36(48)49)54-25-8-9-26-28(15-25)53-17-27(32(26)46)21-4-6-24(45)7-5-21/h4-15,17,30,33-35,38-39,41,44-45,47,51-52H,16,18H2,1-3H3,(H,48,49). The van der Waals surface area contributed by atoms with E-state index in [0.717, 1.165) is 16.7 Å². The molecule has 57 heavy (non-hydrogen) atoms. The van der Waals surface area contributed by atoms with Gasteiger partial charge < -0.3 is 49.3 Å². The molecule has 7 atom stereocenters. The fraction of sp³-hybridized carbons (Fsp3) is 0.300. The van der Waals surface area contributed by atoms with E-state index in [-0.39, 0.29) is 34.6 Å². The minimum absolute atomic E-state index is 0.0187. The van der Waals surface area contributed by atoms with Gasteiger partial charge in [0.2, 0.25) is 18.6 Å². The molecule has 0 radical (unpaired) electrons. The molecule has 1 aromatic heterocycles. The number of hydroxylamine groups is 2. The van der Waals surface area contributed by atoms with E-state index in [2.05, 4.69) is 10.3 Å². The molecule has 3 aliphatic heterocycles. The number of hydrogen-bond donors (Lipinski definition) is 7. The predicted molar refractivity (Wildman–Crippen MR) is 200 cm³/mol. The van der Waals surface area contributed by atoms with E-state index in [1.807, 2.05) is 32.0 Å². The van der Waals surface area contributed by atoms with Crippen LogP contribution in [0.2, 0.25) is 0 Å². The van der Waals surface area contributed by atoms with Crippen molar-refractivity contribution in [3.63, 3.8) is 0 Å². The van der Waals surface area contributed by atoms with Gasteiger partial charge in [-0.05, 0) is 68.9 Å². The maximum absolute atomic E-state index is 13.5. The van der Waals surface area contributed by atoms with Crippen molar-refractivity contribution >= 4 is 34.8 Å². The number of benzene rings is 3. The second-order valence-electron chi connectivity index (χ2n) is 13.9. The number of aliphatic hydroxyl groups is 4. The Bertz CT molecular complexity index is 2350. The molecule has 17 heteroatoms. The SMILES string of the molecule is CNC(C(=O)O)C(=O)OC(O)C1OC(Oc2ccc3c(=O)c(-c4ccc(O)cc4)coc3c2)C(ON2CC3=CC=NC3=C2c2cc(C)cc(C)c2)C(O)(CO)C1O. The Labute approximate surface area is 323 Å². The molecule has 7 N–H and O–H groups in total. The number of esters is 1. The third-order valence-electron chi connectivity index (χ3n) is 9.88. The number of aromatic hydroxyl groups is 1. The monoisotopic (exact) mass is 785 g/mol. The number of carboxylic acid groups (broad SMARTS) is 1. The molecule has 4 aromatic rings. The van der Waals surface area contributed by atoms with Gasteiger partial charge in [0, 0.05) is 23.4 Å². The van der Waals surface area contributed by atoms with Gasteiger partial charge in [-0.15, -0.1) is 0 Å². The summed E-state index contributed by atoms with van der Waals surface area (Å²) in [4.78, 5) is 48.7. The summed E-state index contributed by atoms with van der Waals surface area (Å²) < 4.78 is 22.9. The smallest absolute Gasteiger partial charge is 0.337 e. The minimum Gasteiger partial charge on any atom is -0.508 e. The first-order valence-electron chi connectivity index (χ1n) is 17.7. The molecule has 0 saturated carbocycles. The van der Waals surface area contributed by atoms with Gasteiger partial charge in [-0.25, -0.2) is 14.7 Å². The number of carbonyl (C=O) groups is 2. The van der Waals surface area contributed by atoms with Crippen LogP contribution in [0, 0.1) is 13.8 Å². The highest BCUT2D eigenvalue weighted by Gasteiger charge is 2.61. The number of aliphatic hydroxyl groups excluding tert-OH is 3. The normalized spacial score (nSPS) is 24.0. The Morgan fingerprint density at radius 2 is 1.79 bits per heavy atom. The van der Waals surface area contributed by atoms with Crippen LogP contribution in [0.25, 0.3) is 27.8 Å². The van der Waals surface area contributed by atoms with Crippen LogP contribution in [0.1, 0.15) is 16.7 Å². The molecule has 3 aromatic carbocycles. The van der Waals surface area contributed by atoms with Gasteiger partial charge >= 0.3 is 11.9 Å². The summed E-state index contributed by atoms with van der Waals surface area (Å²) in [6.07, 6.45) is -5.66. The minimum atomic E-state index is -2.72. The Morgan fingerprint density at radius 3 is 2.46 bits per heavy atom. The molecule has 7 unspecified atom stereocenters. The number of nitrogens with zero attached hydrogens (tertiary/aromatic N) is 2. The zero-order valence-corrected chi connectivity index (χ0v) is 30.7. The van der Waals surface area contributed by atoms with Gasteiger partial charge in [-0.1, -0.05) is 29.3 Å². The number of hydrogen-bond acceptors (Lipinski definition) is 16. The van der Waals surface area contributed by atoms with Crippen molar-refractivity contribution in [3.05, 3.63) is 111 Å². The van der Waals surface area contributed by atoms with Crippen LogP contribution in [-0.2, 0) is 23.9 Å². The van der Waals surface area contributed by atoms with Gasteiger partial charge in [-0.2, -0.15) is 0 Å². The molecular formula is C40H39N3O14. The van der Waals surface area contributed by atoms with E-state index < -0.39 is 66.5 Å². The van der Waals surface area contributed by atoms with E-state index in [1.165, 1.54) is 48.7 Å². The highest BCUT2D eigenvalue weighted by molar-refractivity contribution is 5.98. The van der Waals surface area contributed by atoms with E-state index in [4.69, 9.17) is 23.5 Å². The Hall–Kier alpha value is -5.92. The maximum atomic E-state index is 13.5. The van der Waals surface area contributed by atoms with Crippen LogP contribution >= 0.6 is 0 Å². The summed E-state index contributed by atoms with van der Waals surface area (Å²) >= 11 is 0. The first kappa shape index (κ1) is 39.3. The van der Waals surface area contributed by atoms with Gasteiger partial charge in [-0.3, -0.25) is 19.9 Å². The molecule has 0 aliphatic carbocycles. The number of likely N-dealkylation sites (N-methyl/N-ethyl adjacent to an activating group) is 1. The summed E-state index contributed by atoms with van der Waals surface area (Å²) in [5, 5.41) is 68.3. The number of aliphatic imine (C=N–C) groups is 1. The molecule has 1 fully saturated rings. The largest absolute Gasteiger partial charge is 0.508 e. The summed E-state index contributed by atoms with van der Waals surface area (Å²) in [6.45, 7) is 2.74. The van der Waals surface area contributed by atoms with E-state index in [9.17, 15) is 45.0 Å². The van der Waals surface area contributed by atoms with Crippen LogP contribution in [0.3, 0.4) is 0 Å². The number of carboxylic acids is 1. The molecular weight excluding hydrogens is 746 g/mol. The second-order valence-corrected chi connectivity index (χ2v) is 13.9. The van der Waals surface area contributed by atoms with Gasteiger partial charge in [0.25, 0.3) is 0 Å². The molecule has 0 amide bonds. The zero-order chi connectivity index (χ0) is 40.8. The van der Waals surface area contributed by atoms with E-state index in [0.29, 0.717) is 22.5 Å². The van der Waals surface area contributed by atoms with Crippen molar-refractivity contribution in [1.29, 1.82) is 0 Å². The van der Waals surface area contributed by atoms with Crippen LogP contribution in [0.15, 0.2) is 98.5 Å². The molecule has 0 spiro atoms. The van der Waals surface area contributed by atoms with Crippen molar-refractivity contribution in [1.82, 2.24) is 10.4 Å². The number of nitrogens with one attached hydrogen (secondary N) is 1. The van der Waals surface area contributed by atoms with Gasteiger partial charge in [0.1, 0.15) is 29.4 Å². The van der Waals surface area contributed by atoms with Crippen molar-refractivity contribution in [2.24, 2.45) is 4.99 Å². The number of phenolic OH excluding ortho intramolecular Hbond substituents is 1. The maximum Gasteiger partial charge on any atom is 0.337 e. The summed E-state index contributed by atoms with van der Waals surface area (Å²) in [7, 11) is 1.17. The summed E-state index contributed by atoms with van der Waals surface area (Å²) in [5.74, 6) is -3.08. The molecule has 1 saturated heterocycles. The molecule has 3 aliphatic rings. The number of rotatable bonds is 12. The number of phenols is 1. The molecule has 4 heterocycles. The fourth-order valence-electron chi connectivity index (χ4n) is 7.05. The lowest BCUT2D eigenvalue weighted by molar-refractivity contribution is -0.375. The number of allylic oxidation sites excluding steroid dienone is 1. The number of aryl methyl sites for hydroxylation is 2. The zero-order valence-electron chi connectivity index (χ0n) is 30.7. The third-order valence-corrected chi connectivity index (χ3v) is 9.88. The molecule has 0 bridgehead atoms. The topological polar surface area (TPSA) is 250 Å². The average molecular weight is 786 g/mol. The molecule has 298 valence electrons. The van der Waals surface area contributed by atoms with Crippen LogP contribution < -0.4 is 15.5 Å². The first-order chi connectivity index (χ1) is 27.2. The lowest BCUT2D eigenvalue weighted by Gasteiger charge is -2.49. The predicted octanol–water partition coefficient (Wildman–Crippen LogP) is 1.50. The molecule has 7 rings (SSSR count). The number of carbonyl (C=O) groups excluding carboxylic acids is 1. The lowest BCUT2D eigenvalue weighted by Crippen LogP contribution is -2.72. The summed E-state index contributed by atoms with van der Waals surface area (Å²) in [6, 6.07) is 14.0. The Morgan fingerprint density at radius 1 is 1.07 bits per heavy atom. The highest BCUT2D eigenvalue weighted by Crippen LogP contribution is 2.42. The third kappa shape index (κ3) is 7.40. The lowest BCUT2D eigenvalue weighted by atomic mass is 9.84. The number of ether oxygens (including phenoxy) is 3. The highest BCUT2D eigenvalue weighted by atomic mass is 16.8.